The van der Waals surface area contributed by atoms with Crippen molar-refractivity contribution in [3.8, 4) is 17.4 Å². The van der Waals surface area contributed by atoms with Crippen molar-refractivity contribution in [1.29, 1.82) is 0 Å². The topological polar surface area (TPSA) is 81.9 Å². The number of halogens is 1. The Kier molecular flexibility index (Phi) is 4.56. The summed E-state index contributed by atoms with van der Waals surface area (Å²) in [6.45, 7) is 7.68. The van der Waals surface area contributed by atoms with E-state index in [4.69, 9.17) is 4.74 Å². The van der Waals surface area contributed by atoms with E-state index in [0.717, 1.165) is 5.56 Å². The van der Waals surface area contributed by atoms with Crippen molar-refractivity contribution in [3.63, 3.8) is 0 Å². The first-order valence-electron chi connectivity index (χ1n) is 9.43. The third-order valence-electron chi connectivity index (χ3n) is 4.87. The van der Waals surface area contributed by atoms with Crippen LogP contribution in [0.1, 0.15) is 38.8 Å². The number of fused-ring (bicyclic) bond motifs is 1. The Hall–Kier alpha value is -3.29. The molecule has 1 aliphatic heterocycles. The highest BCUT2D eigenvalue weighted by Gasteiger charge is 2.40. The summed E-state index contributed by atoms with van der Waals surface area (Å²) in [7, 11) is 0. The Labute approximate surface area is 167 Å². The molecule has 8 heteroatoms. The lowest BCUT2D eigenvalue weighted by Crippen LogP contribution is -2.26. The van der Waals surface area contributed by atoms with Gasteiger partial charge in [0.25, 0.3) is 0 Å². The minimum Gasteiger partial charge on any atom is -0.475 e. The number of nitrogens with zero attached hydrogens (tertiary/aromatic N) is 4. The summed E-state index contributed by atoms with van der Waals surface area (Å²) in [6, 6.07) is 8.27. The Bertz CT molecular complexity index is 1090. The molecule has 3 aromatic rings. The van der Waals surface area contributed by atoms with E-state index in [1.807, 2.05) is 27.7 Å². The molecule has 29 heavy (non-hydrogen) atoms. The van der Waals surface area contributed by atoms with E-state index in [2.05, 4.69) is 20.4 Å². The molecule has 0 atom stereocenters. The van der Waals surface area contributed by atoms with E-state index in [9.17, 15) is 9.18 Å². The molecule has 0 fully saturated rings. The van der Waals surface area contributed by atoms with Crippen LogP contribution in [0.5, 0.6) is 5.88 Å². The average molecular weight is 395 g/mol. The van der Waals surface area contributed by atoms with E-state index >= 15 is 0 Å². The van der Waals surface area contributed by atoms with Crippen LogP contribution in [0.2, 0.25) is 0 Å². The van der Waals surface area contributed by atoms with Crippen LogP contribution in [0.25, 0.3) is 11.5 Å². The van der Waals surface area contributed by atoms with E-state index < -0.39 is 5.41 Å². The van der Waals surface area contributed by atoms with Gasteiger partial charge in [0.2, 0.25) is 11.8 Å². The number of benzene rings is 1. The van der Waals surface area contributed by atoms with Crippen molar-refractivity contribution in [1.82, 2.24) is 19.7 Å². The lowest BCUT2D eigenvalue weighted by Gasteiger charge is -2.13. The Balaban J connectivity index is 1.72. The minimum absolute atomic E-state index is 0.0834. The van der Waals surface area contributed by atoms with Gasteiger partial charge in [-0.15, -0.1) is 0 Å². The molecular formula is C21H22FN5O2. The number of carbonyl (C=O) groups is 1. The van der Waals surface area contributed by atoms with Crippen LogP contribution in [0, 0.1) is 5.82 Å². The summed E-state index contributed by atoms with van der Waals surface area (Å²) in [5.74, 6) is 0.918. The van der Waals surface area contributed by atoms with Gasteiger partial charge in [0, 0.05) is 23.4 Å². The van der Waals surface area contributed by atoms with Crippen molar-refractivity contribution in [2.75, 3.05) is 5.32 Å². The Morgan fingerprint density at radius 3 is 2.76 bits per heavy atom. The summed E-state index contributed by atoms with van der Waals surface area (Å²) in [4.78, 5) is 21.0. The SMILES string of the molecule is CC(C)Oc1cc(-c2ncc3c(n2)NC(=O)C3(C)C)nn1Cc1ccccc1F. The second-order valence-electron chi connectivity index (χ2n) is 7.82. The van der Waals surface area contributed by atoms with Crippen LogP contribution < -0.4 is 10.1 Å². The molecular weight excluding hydrogens is 373 g/mol. The molecule has 7 nitrogen and oxygen atoms in total. The quantitative estimate of drug-likeness (QED) is 0.715. The third-order valence-corrected chi connectivity index (χ3v) is 4.87. The smallest absolute Gasteiger partial charge is 0.235 e. The molecule has 4 rings (SSSR count). The number of rotatable bonds is 5. The number of carbonyl (C=O) groups excluding carboxylic acids is 1. The molecule has 0 aliphatic carbocycles. The lowest BCUT2D eigenvalue weighted by atomic mass is 9.88. The second kappa shape index (κ2) is 6.95. The first-order valence-corrected chi connectivity index (χ1v) is 9.43. The minimum atomic E-state index is -0.677. The summed E-state index contributed by atoms with van der Waals surface area (Å²) in [5.41, 5.74) is 1.05. The van der Waals surface area contributed by atoms with Gasteiger partial charge in [-0.3, -0.25) is 4.79 Å². The molecule has 0 unspecified atom stereocenters. The third kappa shape index (κ3) is 3.46. The molecule has 2 aromatic heterocycles. The number of ether oxygens (including phenoxy) is 1. The zero-order chi connectivity index (χ0) is 20.8. The molecule has 1 N–H and O–H groups in total. The van der Waals surface area contributed by atoms with Gasteiger partial charge < -0.3 is 10.1 Å². The van der Waals surface area contributed by atoms with Crippen molar-refractivity contribution in [2.24, 2.45) is 0 Å². The molecule has 1 aliphatic rings. The van der Waals surface area contributed by atoms with Gasteiger partial charge >= 0.3 is 0 Å². The predicted octanol–water partition coefficient (Wildman–Crippen LogP) is 3.54. The maximum atomic E-state index is 14.1. The molecule has 1 amide bonds. The monoisotopic (exact) mass is 395 g/mol. The maximum Gasteiger partial charge on any atom is 0.235 e. The van der Waals surface area contributed by atoms with Gasteiger partial charge in [-0.2, -0.15) is 5.10 Å². The zero-order valence-electron chi connectivity index (χ0n) is 16.7. The van der Waals surface area contributed by atoms with Crippen molar-refractivity contribution in [2.45, 2.75) is 45.8 Å². The number of anilines is 1. The molecule has 150 valence electrons. The number of aromatic nitrogens is 4. The Morgan fingerprint density at radius 1 is 1.28 bits per heavy atom. The highest BCUT2D eigenvalue weighted by Crippen LogP contribution is 2.36. The van der Waals surface area contributed by atoms with E-state index in [1.165, 1.54) is 6.07 Å². The molecule has 0 spiro atoms. The summed E-state index contributed by atoms with van der Waals surface area (Å²) in [5, 5.41) is 7.33. The molecule has 0 radical (unpaired) electrons. The fourth-order valence-corrected chi connectivity index (χ4v) is 3.19. The lowest BCUT2D eigenvalue weighted by molar-refractivity contribution is -0.119. The van der Waals surface area contributed by atoms with Gasteiger partial charge in [0.15, 0.2) is 5.82 Å². The fourth-order valence-electron chi connectivity index (χ4n) is 3.19. The highest BCUT2D eigenvalue weighted by molar-refractivity contribution is 6.04. The van der Waals surface area contributed by atoms with E-state index in [0.29, 0.717) is 28.8 Å². The summed E-state index contributed by atoms with van der Waals surface area (Å²) >= 11 is 0. The summed E-state index contributed by atoms with van der Waals surface area (Å²) < 4.78 is 21.6. The van der Waals surface area contributed by atoms with Gasteiger partial charge in [-0.05, 0) is 33.8 Å². The van der Waals surface area contributed by atoms with Gasteiger partial charge in [0.05, 0.1) is 18.1 Å². The van der Waals surface area contributed by atoms with Gasteiger partial charge in [-0.1, -0.05) is 18.2 Å². The molecule has 1 aromatic carbocycles. The van der Waals surface area contributed by atoms with Crippen LogP contribution in [0.3, 0.4) is 0 Å². The van der Waals surface area contributed by atoms with Crippen LogP contribution in [0.4, 0.5) is 10.2 Å². The first kappa shape index (κ1) is 19.0. The van der Waals surface area contributed by atoms with Crippen molar-refractivity contribution < 1.29 is 13.9 Å². The van der Waals surface area contributed by atoms with Crippen molar-refractivity contribution in [3.05, 3.63) is 53.5 Å². The largest absolute Gasteiger partial charge is 0.475 e. The first-order chi connectivity index (χ1) is 13.8. The maximum absolute atomic E-state index is 14.1. The van der Waals surface area contributed by atoms with Crippen LogP contribution in [-0.4, -0.2) is 31.8 Å². The summed E-state index contributed by atoms with van der Waals surface area (Å²) in [6.07, 6.45) is 1.56. The van der Waals surface area contributed by atoms with Gasteiger partial charge in [-0.25, -0.2) is 19.0 Å². The molecule has 3 heterocycles. The predicted molar refractivity (Wildman–Crippen MR) is 106 cm³/mol. The average Bonchev–Trinajstić information content (AvgIpc) is 3.14. The number of hydrogen-bond donors (Lipinski definition) is 1. The van der Waals surface area contributed by atoms with E-state index in [-0.39, 0.29) is 24.4 Å². The van der Waals surface area contributed by atoms with Gasteiger partial charge in [0.1, 0.15) is 17.3 Å². The van der Waals surface area contributed by atoms with Crippen LogP contribution >= 0.6 is 0 Å². The van der Waals surface area contributed by atoms with Crippen LogP contribution in [0.15, 0.2) is 36.5 Å². The van der Waals surface area contributed by atoms with Crippen molar-refractivity contribution >= 4 is 11.7 Å². The number of hydrogen-bond acceptors (Lipinski definition) is 5. The second-order valence-corrected chi connectivity index (χ2v) is 7.82. The number of nitrogens with one attached hydrogen (secondary N) is 1. The van der Waals surface area contributed by atoms with E-state index in [1.54, 1.807) is 35.1 Å². The van der Waals surface area contributed by atoms with Crippen LogP contribution in [-0.2, 0) is 16.8 Å². The molecule has 0 bridgehead atoms. The molecule has 0 saturated heterocycles. The normalized spacial score (nSPS) is 14.8. The highest BCUT2D eigenvalue weighted by atomic mass is 19.1. The zero-order valence-corrected chi connectivity index (χ0v) is 16.7. The Morgan fingerprint density at radius 2 is 2.03 bits per heavy atom. The fraction of sp³-hybridized carbons (Fsp3) is 0.333. The molecule has 0 saturated carbocycles. The standard InChI is InChI=1S/C21H22FN5O2/c1-12(2)29-17-9-16(26-27(17)11-13-7-5-6-8-15(13)22)19-23-10-14-18(24-19)25-20(28)21(14,3)4/h5-10,12H,11H2,1-4H3,(H,23,24,25,28). The number of amides is 1.